The van der Waals surface area contributed by atoms with Gasteiger partial charge < -0.3 is 5.73 Å². The fourth-order valence-corrected chi connectivity index (χ4v) is 3.42. The van der Waals surface area contributed by atoms with Gasteiger partial charge in [-0.2, -0.15) is 11.8 Å². The molecule has 0 radical (unpaired) electrons. The van der Waals surface area contributed by atoms with Gasteiger partial charge in [-0.3, -0.25) is 0 Å². The lowest BCUT2D eigenvalue weighted by molar-refractivity contribution is 0.152. The summed E-state index contributed by atoms with van der Waals surface area (Å²) in [6, 6.07) is 0. The molecule has 1 saturated carbocycles. The van der Waals surface area contributed by atoms with Crippen molar-refractivity contribution in [1.82, 2.24) is 0 Å². The average molecular weight is 185 g/mol. The van der Waals surface area contributed by atoms with E-state index < -0.39 is 0 Å². The van der Waals surface area contributed by atoms with Crippen molar-refractivity contribution in [3.63, 3.8) is 0 Å². The minimum atomic E-state index is 0.905. The maximum absolute atomic E-state index is 5.66. The van der Waals surface area contributed by atoms with Crippen LogP contribution in [0, 0.1) is 17.8 Å². The Morgan fingerprint density at radius 2 is 2.00 bits per heavy atom. The maximum Gasteiger partial charge on any atom is -0.00284 e. The molecular formula is C10H19NS. The minimum Gasteiger partial charge on any atom is -0.330 e. The fourth-order valence-electron chi connectivity index (χ4n) is 2.42. The largest absolute Gasteiger partial charge is 0.330 e. The normalized spacial score (nSPS) is 27.8. The van der Waals surface area contributed by atoms with Crippen LogP contribution in [0.25, 0.3) is 0 Å². The van der Waals surface area contributed by atoms with Gasteiger partial charge in [0.25, 0.3) is 0 Å². The third-order valence-corrected chi connectivity index (χ3v) is 4.85. The van der Waals surface area contributed by atoms with Crippen LogP contribution >= 0.6 is 11.8 Å². The molecule has 2 fully saturated rings. The third-order valence-electron chi connectivity index (χ3n) is 3.52. The molecule has 0 amide bonds. The van der Waals surface area contributed by atoms with Gasteiger partial charge in [0, 0.05) is 0 Å². The molecule has 2 rings (SSSR count). The van der Waals surface area contributed by atoms with E-state index in [1.54, 1.807) is 0 Å². The van der Waals surface area contributed by atoms with Gasteiger partial charge in [-0.1, -0.05) is 19.3 Å². The Hall–Kier alpha value is 0.310. The SMILES string of the molecule is NCCC(C1CCC1)C1CSC1. The van der Waals surface area contributed by atoms with Gasteiger partial charge in [-0.15, -0.1) is 0 Å². The zero-order valence-corrected chi connectivity index (χ0v) is 8.48. The van der Waals surface area contributed by atoms with Crippen molar-refractivity contribution < 1.29 is 0 Å². The molecule has 0 aromatic carbocycles. The van der Waals surface area contributed by atoms with Crippen molar-refractivity contribution in [3.8, 4) is 0 Å². The van der Waals surface area contributed by atoms with Crippen LogP contribution in [-0.4, -0.2) is 18.1 Å². The van der Waals surface area contributed by atoms with Crippen LogP contribution in [0.4, 0.5) is 0 Å². The van der Waals surface area contributed by atoms with Crippen LogP contribution in [0.5, 0.6) is 0 Å². The van der Waals surface area contributed by atoms with E-state index in [9.17, 15) is 0 Å². The summed E-state index contributed by atoms with van der Waals surface area (Å²) < 4.78 is 0. The molecule has 0 aromatic heterocycles. The van der Waals surface area contributed by atoms with Crippen LogP contribution in [0.2, 0.25) is 0 Å². The first kappa shape index (κ1) is 8.89. The van der Waals surface area contributed by atoms with Gasteiger partial charge in [0.15, 0.2) is 0 Å². The highest BCUT2D eigenvalue weighted by molar-refractivity contribution is 8.00. The van der Waals surface area contributed by atoms with Crippen LogP contribution in [0.15, 0.2) is 0 Å². The van der Waals surface area contributed by atoms with E-state index >= 15 is 0 Å². The first-order valence-corrected chi connectivity index (χ1v) is 6.35. The van der Waals surface area contributed by atoms with Gasteiger partial charge in [0.1, 0.15) is 0 Å². The zero-order valence-electron chi connectivity index (χ0n) is 7.67. The van der Waals surface area contributed by atoms with E-state index in [-0.39, 0.29) is 0 Å². The van der Waals surface area contributed by atoms with E-state index in [0.717, 1.165) is 24.3 Å². The molecule has 1 heterocycles. The van der Waals surface area contributed by atoms with Crippen LogP contribution in [0.1, 0.15) is 25.7 Å². The summed E-state index contributed by atoms with van der Waals surface area (Å²) in [5.74, 6) is 5.91. The third kappa shape index (κ3) is 1.64. The van der Waals surface area contributed by atoms with E-state index in [1.807, 2.05) is 0 Å². The number of rotatable bonds is 4. The summed E-state index contributed by atoms with van der Waals surface area (Å²) >= 11 is 2.11. The molecule has 1 unspecified atom stereocenters. The van der Waals surface area contributed by atoms with E-state index in [2.05, 4.69) is 11.8 Å². The standard InChI is InChI=1S/C10H19NS/c11-5-4-10(8-2-1-3-8)9-6-12-7-9/h8-10H,1-7,11H2. The monoisotopic (exact) mass is 185 g/mol. The molecular weight excluding hydrogens is 166 g/mol. The van der Waals surface area contributed by atoms with Crippen molar-refractivity contribution >= 4 is 11.8 Å². The Bertz CT molecular complexity index is 127. The summed E-state index contributed by atoms with van der Waals surface area (Å²) in [5, 5.41) is 0. The summed E-state index contributed by atoms with van der Waals surface area (Å²) in [5.41, 5.74) is 5.66. The van der Waals surface area contributed by atoms with Gasteiger partial charge in [0.05, 0.1) is 0 Å². The Morgan fingerprint density at radius 1 is 1.25 bits per heavy atom. The highest BCUT2D eigenvalue weighted by Crippen LogP contribution is 2.44. The van der Waals surface area contributed by atoms with Crippen molar-refractivity contribution in [2.75, 3.05) is 18.1 Å². The van der Waals surface area contributed by atoms with Crippen LogP contribution in [-0.2, 0) is 0 Å². The Morgan fingerprint density at radius 3 is 2.33 bits per heavy atom. The van der Waals surface area contributed by atoms with E-state index in [0.29, 0.717) is 0 Å². The quantitative estimate of drug-likeness (QED) is 0.726. The molecule has 1 aliphatic heterocycles. The molecule has 2 aliphatic rings. The maximum atomic E-state index is 5.66. The Kier molecular flexibility index (Phi) is 2.97. The second-order valence-electron chi connectivity index (χ2n) is 4.23. The summed E-state index contributed by atoms with van der Waals surface area (Å²) in [6.07, 6.45) is 5.75. The van der Waals surface area contributed by atoms with Crippen LogP contribution in [0.3, 0.4) is 0 Å². The van der Waals surface area contributed by atoms with Gasteiger partial charge in [-0.05, 0) is 42.2 Å². The second kappa shape index (κ2) is 4.01. The molecule has 1 saturated heterocycles. The van der Waals surface area contributed by atoms with Crippen LogP contribution < -0.4 is 5.73 Å². The highest BCUT2D eigenvalue weighted by Gasteiger charge is 2.35. The molecule has 1 atom stereocenters. The average Bonchev–Trinajstić information content (AvgIpc) is 1.79. The summed E-state index contributed by atoms with van der Waals surface area (Å²) in [4.78, 5) is 0. The van der Waals surface area contributed by atoms with E-state index in [4.69, 9.17) is 5.73 Å². The predicted molar refractivity (Wildman–Crippen MR) is 55.3 cm³/mol. The first-order valence-electron chi connectivity index (χ1n) is 5.19. The second-order valence-corrected chi connectivity index (χ2v) is 5.30. The van der Waals surface area contributed by atoms with Crippen molar-refractivity contribution in [2.24, 2.45) is 23.5 Å². The molecule has 2 heteroatoms. The molecule has 1 nitrogen and oxygen atoms in total. The predicted octanol–water partition coefficient (Wildman–Crippen LogP) is 2.11. The molecule has 0 aromatic rings. The Balaban J connectivity index is 1.82. The van der Waals surface area contributed by atoms with Gasteiger partial charge >= 0.3 is 0 Å². The Labute approximate surface area is 79.5 Å². The molecule has 0 spiro atoms. The summed E-state index contributed by atoms with van der Waals surface area (Å²) in [7, 11) is 0. The number of hydrogen-bond donors (Lipinski definition) is 1. The molecule has 1 aliphatic carbocycles. The van der Waals surface area contributed by atoms with Crippen molar-refractivity contribution in [1.29, 1.82) is 0 Å². The first-order chi connectivity index (χ1) is 5.92. The molecule has 70 valence electrons. The lowest BCUT2D eigenvalue weighted by Crippen LogP contribution is -2.36. The lowest BCUT2D eigenvalue weighted by atomic mass is 9.70. The molecule has 2 N–H and O–H groups in total. The lowest BCUT2D eigenvalue weighted by Gasteiger charge is -2.42. The number of thioether (sulfide) groups is 1. The highest BCUT2D eigenvalue weighted by atomic mass is 32.2. The number of hydrogen-bond acceptors (Lipinski definition) is 2. The molecule has 0 bridgehead atoms. The van der Waals surface area contributed by atoms with Gasteiger partial charge in [-0.25, -0.2) is 0 Å². The topological polar surface area (TPSA) is 26.0 Å². The smallest absolute Gasteiger partial charge is 0.00284 e. The van der Waals surface area contributed by atoms with E-state index in [1.165, 1.54) is 37.2 Å². The summed E-state index contributed by atoms with van der Waals surface area (Å²) in [6.45, 7) is 0.905. The van der Waals surface area contributed by atoms with Gasteiger partial charge in [0.2, 0.25) is 0 Å². The fraction of sp³-hybridized carbons (Fsp3) is 1.00. The molecule has 12 heavy (non-hydrogen) atoms. The van der Waals surface area contributed by atoms with Crippen molar-refractivity contribution in [3.05, 3.63) is 0 Å². The minimum absolute atomic E-state index is 0.905. The van der Waals surface area contributed by atoms with Crippen molar-refractivity contribution in [2.45, 2.75) is 25.7 Å². The zero-order chi connectivity index (χ0) is 8.39. The number of nitrogens with two attached hydrogens (primary N) is 1.